The molecule has 0 aromatic carbocycles. The van der Waals surface area contributed by atoms with Crippen molar-refractivity contribution in [2.75, 3.05) is 0 Å². The van der Waals surface area contributed by atoms with Crippen LogP contribution in [0.3, 0.4) is 0 Å². The minimum Gasteiger partial charge on any atom is -0.352 e. The molecule has 96 valence electrons. The highest BCUT2D eigenvalue weighted by atomic mass is 16.1. The fourth-order valence-corrected chi connectivity index (χ4v) is 3.04. The van der Waals surface area contributed by atoms with Gasteiger partial charge in [-0.2, -0.15) is 0 Å². The first-order valence-electron chi connectivity index (χ1n) is 6.67. The minimum absolute atomic E-state index is 0.169. The zero-order valence-corrected chi connectivity index (χ0v) is 10.6. The summed E-state index contributed by atoms with van der Waals surface area (Å²) >= 11 is 0. The van der Waals surface area contributed by atoms with Crippen molar-refractivity contribution in [2.24, 2.45) is 5.92 Å². The second-order valence-electron chi connectivity index (χ2n) is 5.42. The number of hydrogen-bond donors (Lipinski definition) is 2. The summed E-state index contributed by atoms with van der Waals surface area (Å²) in [5.74, 6) is 0.359. The van der Waals surface area contributed by atoms with E-state index in [0.717, 1.165) is 24.1 Å². The fraction of sp³-hybridized carbons (Fsp3) is 0.571. The van der Waals surface area contributed by atoms with Gasteiger partial charge in [-0.25, -0.2) is 0 Å². The normalized spacial score (nSPS) is 29.5. The SMILES string of the molecule is Cc1ccc(CNC(=O)C2CC3CCC2N3)cn1. The van der Waals surface area contributed by atoms with Crippen molar-refractivity contribution in [3.8, 4) is 0 Å². The molecule has 2 aliphatic rings. The zero-order chi connectivity index (χ0) is 12.5. The standard InChI is InChI=1S/C14H19N3O/c1-9-2-3-10(7-15-9)8-16-14(18)12-6-11-4-5-13(12)17-11/h2-3,7,11-13,17H,4-6,8H2,1H3,(H,16,18). The van der Waals surface area contributed by atoms with Crippen LogP contribution in [0, 0.1) is 12.8 Å². The van der Waals surface area contributed by atoms with E-state index in [2.05, 4.69) is 15.6 Å². The topological polar surface area (TPSA) is 54.0 Å². The largest absolute Gasteiger partial charge is 0.352 e. The van der Waals surface area contributed by atoms with Gasteiger partial charge in [-0.3, -0.25) is 9.78 Å². The highest BCUT2D eigenvalue weighted by molar-refractivity contribution is 5.80. The van der Waals surface area contributed by atoms with Crippen LogP contribution < -0.4 is 10.6 Å². The molecule has 2 N–H and O–H groups in total. The molecule has 4 heteroatoms. The predicted octanol–water partition coefficient (Wildman–Crippen LogP) is 1.15. The van der Waals surface area contributed by atoms with Crippen molar-refractivity contribution in [1.82, 2.24) is 15.6 Å². The Morgan fingerprint density at radius 2 is 2.39 bits per heavy atom. The summed E-state index contributed by atoms with van der Waals surface area (Å²) in [5, 5.41) is 6.52. The summed E-state index contributed by atoms with van der Waals surface area (Å²) in [6.07, 6.45) is 5.21. The molecule has 2 aliphatic heterocycles. The van der Waals surface area contributed by atoms with Crippen LogP contribution in [0.25, 0.3) is 0 Å². The molecule has 3 heterocycles. The predicted molar refractivity (Wildman–Crippen MR) is 68.9 cm³/mol. The van der Waals surface area contributed by atoms with Crippen molar-refractivity contribution in [2.45, 2.75) is 44.8 Å². The Labute approximate surface area is 107 Å². The van der Waals surface area contributed by atoms with E-state index >= 15 is 0 Å². The molecule has 0 radical (unpaired) electrons. The van der Waals surface area contributed by atoms with Gasteiger partial charge in [-0.15, -0.1) is 0 Å². The number of nitrogens with zero attached hydrogens (tertiary/aromatic N) is 1. The Bertz CT molecular complexity index is 443. The molecule has 3 unspecified atom stereocenters. The third-order valence-electron chi connectivity index (χ3n) is 4.08. The number of rotatable bonds is 3. The average Bonchev–Trinajstić information content (AvgIpc) is 3.00. The van der Waals surface area contributed by atoms with E-state index in [-0.39, 0.29) is 11.8 Å². The number of aryl methyl sites for hydroxylation is 1. The van der Waals surface area contributed by atoms with Gasteiger partial charge in [0.25, 0.3) is 0 Å². The first kappa shape index (κ1) is 11.7. The summed E-state index contributed by atoms with van der Waals surface area (Å²) in [6, 6.07) is 4.97. The molecule has 1 aromatic heterocycles. The third kappa shape index (κ3) is 2.25. The van der Waals surface area contributed by atoms with E-state index in [9.17, 15) is 4.79 Å². The maximum atomic E-state index is 12.1. The smallest absolute Gasteiger partial charge is 0.225 e. The van der Waals surface area contributed by atoms with Gasteiger partial charge < -0.3 is 10.6 Å². The van der Waals surface area contributed by atoms with E-state index in [0.29, 0.717) is 18.6 Å². The van der Waals surface area contributed by atoms with Crippen molar-refractivity contribution >= 4 is 5.91 Å². The van der Waals surface area contributed by atoms with Crippen LogP contribution in [0.15, 0.2) is 18.3 Å². The van der Waals surface area contributed by atoms with E-state index in [1.54, 1.807) is 0 Å². The van der Waals surface area contributed by atoms with Crippen LogP contribution >= 0.6 is 0 Å². The molecule has 2 bridgehead atoms. The van der Waals surface area contributed by atoms with E-state index < -0.39 is 0 Å². The fourth-order valence-electron chi connectivity index (χ4n) is 3.04. The molecule has 3 atom stereocenters. The molecule has 3 rings (SSSR count). The van der Waals surface area contributed by atoms with Gasteiger partial charge in [0, 0.05) is 30.5 Å². The molecular weight excluding hydrogens is 226 g/mol. The Kier molecular flexibility index (Phi) is 3.04. The van der Waals surface area contributed by atoms with Crippen molar-refractivity contribution in [3.63, 3.8) is 0 Å². The summed E-state index contributed by atoms with van der Waals surface area (Å²) in [5.41, 5.74) is 2.06. The Balaban J connectivity index is 1.54. The second-order valence-corrected chi connectivity index (χ2v) is 5.42. The van der Waals surface area contributed by atoms with Crippen LogP contribution in [0.2, 0.25) is 0 Å². The lowest BCUT2D eigenvalue weighted by molar-refractivity contribution is -0.125. The van der Waals surface area contributed by atoms with E-state index in [1.807, 2.05) is 25.3 Å². The van der Waals surface area contributed by atoms with Gasteiger partial charge in [-0.1, -0.05) is 6.07 Å². The molecule has 4 nitrogen and oxygen atoms in total. The number of aromatic nitrogens is 1. The number of nitrogens with one attached hydrogen (secondary N) is 2. The molecule has 0 aliphatic carbocycles. The highest BCUT2D eigenvalue weighted by Crippen LogP contribution is 2.33. The lowest BCUT2D eigenvalue weighted by atomic mass is 9.88. The lowest BCUT2D eigenvalue weighted by Crippen LogP contribution is -2.37. The number of carbonyl (C=O) groups excluding carboxylic acids is 1. The summed E-state index contributed by atoms with van der Waals surface area (Å²) < 4.78 is 0. The van der Waals surface area contributed by atoms with Gasteiger partial charge in [0.05, 0.1) is 5.92 Å². The minimum atomic E-state index is 0.169. The summed E-state index contributed by atoms with van der Waals surface area (Å²) in [4.78, 5) is 16.3. The van der Waals surface area contributed by atoms with Crippen molar-refractivity contribution in [3.05, 3.63) is 29.6 Å². The second kappa shape index (κ2) is 4.69. The Morgan fingerprint density at radius 1 is 1.50 bits per heavy atom. The lowest BCUT2D eigenvalue weighted by Gasteiger charge is -2.19. The van der Waals surface area contributed by atoms with Crippen LogP contribution in [-0.2, 0) is 11.3 Å². The molecule has 0 spiro atoms. The first-order chi connectivity index (χ1) is 8.72. The van der Waals surface area contributed by atoms with E-state index in [1.165, 1.54) is 6.42 Å². The van der Waals surface area contributed by atoms with Crippen LogP contribution in [0.1, 0.15) is 30.5 Å². The number of pyridine rings is 1. The van der Waals surface area contributed by atoms with Gasteiger partial charge in [0.15, 0.2) is 0 Å². The molecule has 2 fully saturated rings. The monoisotopic (exact) mass is 245 g/mol. The highest BCUT2D eigenvalue weighted by Gasteiger charge is 2.42. The zero-order valence-electron chi connectivity index (χ0n) is 10.6. The third-order valence-corrected chi connectivity index (χ3v) is 4.08. The molecule has 18 heavy (non-hydrogen) atoms. The van der Waals surface area contributed by atoms with Crippen LogP contribution in [0.4, 0.5) is 0 Å². The van der Waals surface area contributed by atoms with Gasteiger partial charge in [-0.05, 0) is 37.8 Å². The van der Waals surface area contributed by atoms with E-state index in [4.69, 9.17) is 0 Å². The maximum absolute atomic E-state index is 12.1. The molecule has 1 amide bonds. The van der Waals surface area contributed by atoms with Crippen molar-refractivity contribution < 1.29 is 4.79 Å². The van der Waals surface area contributed by atoms with Crippen molar-refractivity contribution in [1.29, 1.82) is 0 Å². The number of fused-ring (bicyclic) bond motifs is 2. The molecular formula is C14H19N3O. The Morgan fingerprint density at radius 3 is 3.00 bits per heavy atom. The van der Waals surface area contributed by atoms with Gasteiger partial charge >= 0.3 is 0 Å². The molecule has 2 saturated heterocycles. The Hall–Kier alpha value is -1.42. The number of amides is 1. The van der Waals surface area contributed by atoms with Gasteiger partial charge in [0.2, 0.25) is 5.91 Å². The maximum Gasteiger partial charge on any atom is 0.225 e. The molecule has 1 aromatic rings. The number of carbonyl (C=O) groups is 1. The van der Waals surface area contributed by atoms with Crippen LogP contribution in [0.5, 0.6) is 0 Å². The average molecular weight is 245 g/mol. The summed E-state index contributed by atoms with van der Waals surface area (Å²) in [7, 11) is 0. The van der Waals surface area contributed by atoms with Gasteiger partial charge in [0.1, 0.15) is 0 Å². The number of hydrogen-bond acceptors (Lipinski definition) is 3. The quantitative estimate of drug-likeness (QED) is 0.840. The molecule has 0 saturated carbocycles. The first-order valence-corrected chi connectivity index (χ1v) is 6.67. The van der Waals surface area contributed by atoms with Crippen LogP contribution in [-0.4, -0.2) is 23.0 Å². The summed E-state index contributed by atoms with van der Waals surface area (Å²) in [6.45, 7) is 2.54.